The maximum atomic E-state index is 15.9. The van der Waals surface area contributed by atoms with Gasteiger partial charge in [0.05, 0.1) is 11.1 Å². The van der Waals surface area contributed by atoms with Crippen LogP contribution in [-0.4, -0.2) is 122 Å². The number of fused-ring (bicyclic) bond motifs is 2. The fourth-order valence-corrected chi connectivity index (χ4v) is 11.9. The summed E-state index contributed by atoms with van der Waals surface area (Å²) in [6.07, 6.45) is 8.10. The molecule has 69 heavy (non-hydrogen) atoms. The number of rotatable bonds is 10. The van der Waals surface area contributed by atoms with E-state index in [0.29, 0.717) is 41.0 Å². The van der Waals surface area contributed by atoms with E-state index in [-0.39, 0.29) is 42.6 Å². The number of pyridine rings is 2. The van der Waals surface area contributed by atoms with Gasteiger partial charge < -0.3 is 15.2 Å². The predicted molar refractivity (Wildman–Crippen MR) is 265 cm³/mol. The first-order chi connectivity index (χ1) is 33.1. The molecule has 0 aliphatic carbocycles. The molecule has 1 unspecified atom stereocenters. The summed E-state index contributed by atoms with van der Waals surface area (Å²) in [4.78, 5) is 71.8. The number of halogens is 1. The number of hydrogen-bond acceptors (Lipinski definition) is 10. The number of piperazine rings is 1. The summed E-state index contributed by atoms with van der Waals surface area (Å²) in [7, 11) is 2.11. The van der Waals surface area contributed by atoms with Crippen molar-refractivity contribution in [3.63, 3.8) is 0 Å². The monoisotopic (exact) mass is 937 g/mol. The van der Waals surface area contributed by atoms with Crippen LogP contribution in [0.5, 0.6) is 0 Å². The molecule has 5 aromatic rings. The number of benzene rings is 2. The Labute approximate surface area is 404 Å². The van der Waals surface area contributed by atoms with Gasteiger partial charge in [-0.2, -0.15) is 0 Å². The number of imide groups is 1. The van der Waals surface area contributed by atoms with Gasteiger partial charge in [-0.15, -0.1) is 0 Å². The van der Waals surface area contributed by atoms with Crippen LogP contribution in [-0.2, 0) is 33.4 Å². The van der Waals surface area contributed by atoms with Crippen molar-refractivity contribution in [1.29, 1.82) is 0 Å². The van der Waals surface area contributed by atoms with E-state index >= 15 is 4.39 Å². The fourth-order valence-electron chi connectivity index (χ4n) is 11.9. The SMILES string of the molecule is C[C@H]1CN(Cc2cc3c(cc2F)N(C2CCC(=O)NC2=O)C(=O)C3(C)C)CCN1CC1CCN(C(=O)c2ccc(C3CCN([C@@H](C)c4cc5c(-c6ccc(N)nc6)ccnc5n4C)CC3)cc2)CC1. The lowest BCUT2D eigenvalue weighted by Crippen LogP contribution is -2.55. The summed E-state index contributed by atoms with van der Waals surface area (Å²) in [6.45, 7) is 15.5. The maximum Gasteiger partial charge on any atom is 0.253 e. The van der Waals surface area contributed by atoms with Gasteiger partial charge in [0.15, 0.2) is 0 Å². The number of likely N-dealkylation sites (tertiary alicyclic amines) is 2. The molecule has 4 saturated heterocycles. The summed E-state index contributed by atoms with van der Waals surface area (Å²) in [5.41, 5.74) is 13.0. The molecular weight excluding hydrogens is 872 g/mol. The van der Waals surface area contributed by atoms with Crippen LogP contribution < -0.4 is 16.0 Å². The molecule has 0 radical (unpaired) electrons. The lowest BCUT2D eigenvalue weighted by atomic mass is 9.85. The van der Waals surface area contributed by atoms with Gasteiger partial charge in [0.1, 0.15) is 23.3 Å². The van der Waals surface area contributed by atoms with E-state index in [2.05, 4.69) is 68.7 Å². The molecule has 14 nitrogen and oxygen atoms in total. The number of aryl methyl sites for hydroxylation is 1. The molecule has 4 amide bonds. The van der Waals surface area contributed by atoms with Gasteiger partial charge in [-0.3, -0.25) is 44.1 Å². The van der Waals surface area contributed by atoms with Crippen LogP contribution in [0.3, 0.4) is 0 Å². The number of amides is 4. The minimum absolute atomic E-state index is 0.112. The van der Waals surface area contributed by atoms with Crippen molar-refractivity contribution < 1.29 is 23.6 Å². The minimum Gasteiger partial charge on any atom is -0.384 e. The number of carbonyl (C=O) groups is 4. The van der Waals surface area contributed by atoms with Crippen molar-refractivity contribution in [3.8, 4) is 11.1 Å². The number of piperidine rings is 3. The fraction of sp³-hybridized carbons (Fsp3) is 0.481. The van der Waals surface area contributed by atoms with Crippen LogP contribution in [0.4, 0.5) is 15.9 Å². The molecule has 10 rings (SSSR count). The average molecular weight is 937 g/mol. The number of nitrogen functional groups attached to an aromatic ring is 1. The van der Waals surface area contributed by atoms with E-state index in [0.717, 1.165) is 106 Å². The third-order valence-corrected chi connectivity index (χ3v) is 16.2. The van der Waals surface area contributed by atoms with E-state index in [1.165, 1.54) is 22.2 Å². The van der Waals surface area contributed by atoms with Gasteiger partial charge in [0, 0.05) is 112 Å². The van der Waals surface area contributed by atoms with E-state index in [1.807, 2.05) is 67.5 Å². The first-order valence-corrected chi connectivity index (χ1v) is 24.9. The molecule has 3 N–H and O–H groups in total. The first-order valence-electron chi connectivity index (χ1n) is 24.9. The van der Waals surface area contributed by atoms with Crippen molar-refractivity contribution in [2.45, 2.75) is 102 Å². The van der Waals surface area contributed by atoms with Crippen molar-refractivity contribution in [1.82, 2.24) is 39.5 Å². The topological polar surface area (TPSA) is 153 Å². The Morgan fingerprint density at radius 3 is 2.36 bits per heavy atom. The first kappa shape index (κ1) is 46.7. The molecule has 5 aliphatic rings. The van der Waals surface area contributed by atoms with Gasteiger partial charge in [0.25, 0.3) is 5.91 Å². The Morgan fingerprint density at radius 1 is 0.913 bits per heavy atom. The molecule has 5 aliphatic heterocycles. The van der Waals surface area contributed by atoms with Crippen LogP contribution in [0.25, 0.3) is 22.2 Å². The second-order valence-electron chi connectivity index (χ2n) is 20.8. The van der Waals surface area contributed by atoms with Gasteiger partial charge in [0.2, 0.25) is 17.7 Å². The molecule has 15 heteroatoms. The van der Waals surface area contributed by atoms with Crippen molar-refractivity contribution in [2.75, 3.05) is 63.0 Å². The second-order valence-corrected chi connectivity index (χ2v) is 20.8. The molecule has 3 aromatic heterocycles. The molecule has 0 spiro atoms. The van der Waals surface area contributed by atoms with Crippen molar-refractivity contribution in [2.24, 2.45) is 13.0 Å². The molecular formula is C54H65FN10O4. The van der Waals surface area contributed by atoms with Crippen LogP contribution >= 0.6 is 0 Å². The van der Waals surface area contributed by atoms with E-state index in [4.69, 9.17) is 10.7 Å². The van der Waals surface area contributed by atoms with E-state index in [9.17, 15) is 19.2 Å². The van der Waals surface area contributed by atoms with Gasteiger partial charge in [-0.05, 0) is 150 Å². The number of nitrogens with one attached hydrogen (secondary N) is 1. The van der Waals surface area contributed by atoms with Gasteiger partial charge >= 0.3 is 0 Å². The van der Waals surface area contributed by atoms with E-state index in [1.54, 1.807) is 0 Å². The number of carbonyl (C=O) groups excluding carboxylic acids is 4. The van der Waals surface area contributed by atoms with E-state index < -0.39 is 23.2 Å². The van der Waals surface area contributed by atoms with Crippen LogP contribution in [0.2, 0.25) is 0 Å². The quantitative estimate of drug-likeness (QED) is 0.143. The van der Waals surface area contributed by atoms with Crippen molar-refractivity contribution >= 4 is 46.2 Å². The molecule has 2 aromatic carbocycles. The smallest absolute Gasteiger partial charge is 0.253 e. The zero-order valence-corrected chi connectivity index (χ0v) is 40.6. The normalized spacial score (nSPS) is 22.6. The molecule has 362 valence electrons. The van der Waals surface area contributed by atoms with Crippen LogP contribution in [0.15, 0.2) is 73.1 Å². The molecule has 3 atom stereocenters. The minimum atomic E-state index is -0.931. The predicted octanol–water partition coefficient (Wildman–Crippen LogP) is 6.79. The number of aromatic nitrogens is 3. The standard InChI is InChI=1S/C54H65FN10O4/c1-33-30-61(32-40-26-43-47(28-44(40)55)65(53(69)54(43,3)4)45-11-13-49(66)59-51(45)67)24-25-64(33)31-35-15-20-63(21-16-35)52(68)38-8-6-36(7-9-38)37-17-22-62(23-18-37)34(2)46-27-42-41(14-19-57-50(42)60(46)5)39-10-12-48(56)58-29-39/h6-10,12,14,19,26-29,33-35,37,45H,11,13,15-18,20-25,30-32H2,1-5H3,(H2,56,58)(H,59,66,67)/t33-,34-,45?/m0/s1. The molecule has 4 fully saturated rings. The zero-order chi connectivity index (χ0) is 48.3. The Hall–Kier alpha value is -6.03. The Kier molecular flexibility index (Phi) is 12.7. The average Bonchev–Trinajstić information content (AvgIpc) is 3.78. The highest BCUT2D eigenvalue weighted by Gasteiger charge is 2.49. The Morgan fingerprint density at radius 2 is 1.67 bits per heavy atom. The summed E-state index contributed by atoms with van der Waals surface area (Å²) in [5, 5.41) is 3.45. The highest BCUT2D eigenvalue weighted by Crippen LogP contribution is 2.45. The third-order valence-electron chi connectivity index (χ3n) is 16.2. The number of nitrogens with zero attached hydrogens (tertiary/aromatic N) is 8. The Bertz CT molecular complexity index is 2780. The Balaban J connectivity index is 0.684. The summed E-state index contributed by atoms with van der Waals surface area (Å²) in [6, 6.07) is 19.5. The molecule has 0 bridgehead atoms. The lowest BCUT2D eigenvalue weighted by molar-refractivity contribution is -0.136. The highest BCUT2D eigenvalue weighted by molar-refractivity contribution is 6.13. The van der Waals surface area contributed by atoms with Gasteiger partial charge in [-0.25, -0.2) is 14.4 Å². The third kappa shape index (κ3) is 8.93. The summed E-state index contributed by atoms with van der Waals surface area (Å²) in [5.74, 6) is 0.0418. The summed E-state index contributed by atoms with van der Waals surface area (Å²) < 4.78 is 18.1. The molecule has 0 saturated carbocycles. The van der Waals surface area contributed by atoms with Crippen LogP contribution in [0.1, 0.15) is 111 Å². The zero-order valence-electron chi connectivity index (χ0n) is 40.6. The largest absolute Gasteiger partial charge is 0.384 e. The van der Waals surface area contributed by atoms with Crippen LogP contribution in [0, 0.1) is 11.7 Å². The lowest BCUT2D eigenvalue weighted by Gasteiger charge is -2.42. The number of hydrogen-bond donors (Lipinski definition) is 2. The number of anilines is 2. The van der Waals surface area contributed by atoms with Crippen molar-refractivity contribution in [3.05, 3.63) is 107 Å². The van der Waals surface area contributed by atoms with Gasteiger partial charge in [-0.1, -0.05) is 12.1 Å². The maximum absolute atomic E-state index is 15.9. The second kappa shape index (κ2) is 18.7. The highest BCUT2D eigenvalue weighted by atomic mass is 19.1. The molecule has 8 heterocycles. The number of nitrogens with two attached hydrogens (primary N) is 1. The summed E-state index contributed by atoms with van der Waals surface area (Å²) >= 11 is 0.